The van der Waals surface area contributed by atoms with Gasteiger partial charge in [0.1, 0.15) is 11.6 Å². The average Bonchev–Trinajstić information content (AvgIpc) is 2.43. The highest BCUT2D eigenvalue weighted by Gasteiger charge is 2.10. The van der Waals surface area contributed by atoms with Crippen molar-refractivity contribution in [3.05, 3.63) is 59.2 Å². The zero-order valence-electron chi connectivity index (χ0n) is 12.0. The van der Waals surface area contributed by atoms with E-state index in [0.29, 0.717) is 16.7 Å². The molecule has 2 rings (SSSR count). The van der Waals surface area contributed by atoms with Crippen LogP contribution in [0.4, 0.5) is 8.78 Å². The van der Waals surface area contributed by atoms with Gasteiger partial charge in [-0.3, -0.25) is 0 Å². The second-order valence-electron chi connectivity index (χ2n) is 4.98. The minimum Gasteiger partial charge on any atom is -0.310 e. The molecule has 20 heavy (non-hydrogen) atoms. The Bertz CT molecular complexity index is 591. The molecule has 1 atom stereocenters. The van der Waals surface area contributed by atoms with Crippen molar-refractivity contribution in [2.24, 2.45) is 0 Å². The van der Waals surface area contributed by atoms with Crippen LogP contribution in [0.2, 0.25) is 0 Å². The van der Waals surface area contributed by atoms with E-state index in [9.17, 15) is 8.78 Å². The van der Waals surface area contributed by atoms with Crippen molar-refractivity contribution in [1.82, 2.24) is 5.32 Å². The van der Waals surface area contributed by atoms with Crippen LogP contribution in [0.3, 0.4) is 0 Å². The van der Waals surface area contributed by atoms with E-state index in [0.717, 1.165) is 12.1 Å². The fraction of sp³-hybridized carbons (Fsp3) is 0.294. The third-order valence-electron chi connectivity index (χ3n) is 3.48. The van der Waals surface area contributed by atoms with Crippen molar-refractivity contribution in [2.45, 2.75) is 26.8 Å². The highest BCUT2D eigenvalue weighted by Crippen LogP contribution is 2.26. The maximum atomic E-state index is 13.9. The Kier molecular flexibility index (Phi) is 4.50. The predicted octanol–water partition coefficient (Wildman–Crippen LogP) is 4.61. The molecular weight excluding hydrogens is 256 g/mol. The van der Waals surface area contributed by atoms with Gasteiger partial charge in [-0.1, -0.05) is 31.2 Å². The summed E-state index contributed by atoms with van der Waals surface area (Å²) in [4.78, 5) is 0. The second-order valence-corrected chi connectivity index (χ2v) is 4.98. The van der Waals surface area contributed by atoms with E-state index in [1.807, 2.05) is 24.3 Å². The fourth-order valence-corrected chi connectivity index (χ4v) is 2.24. The maximum absolute atomic E-state index is 13.9. The normalized spacial score (nSPS) is 12.4. The van der Waals surface area contributed by atoms with Gasteiger partial charge in [-0.05, 0) is 49.2 Å². The first-order valence-electron chi connectivity index (χ1n) is 6.82. The summed E-state index contributed by atoms with van der Waals surface area (Å²) in [5, 5.41) is 3.31. The first kappa shape index (κ1) is 14.7. The van der Waals surface area contributed by atoms with E-state index in [4.69, 9.17) is 0 Å². The van der Waals surface area contributed by atoms with Crippen LogP contribution >= 0.6 is 0 Å². The molecule has 3 heteroatoms. The van der Waals surface area contributed by atoms with Crippen LogP contribution in [0.5, 0.6) is 0 Å². The van der Waals surface area contributed by atoms with Gasteiger partial charge in [-0.15, -0.1) is 0 Å². The summed E-state index contributed by atoms with van der Waals surface area (Å²) in [5.74, 6) is -0.775. The summed E-state index contributed by atoms with van der Waals surface area (Å²) >= 11 is 0. The van der Waals surface area contributed by atoms with Gasteiger partial charge in [0, 0.05) is 11.6 Å². The van der Waals surface area contributed by atoms with E-state index in [2.05, 4.69) is 19.2 Å². The Morgan fingerprint density at radius 3 is 2.30 bits per heavy atom. The lowest BCUT2D eigenvalue weighted by Crippen LogP contribution is -2.17. The van der Waals surface area contributed by atoms with Crippen LogP contribution in [0.15, 0.2) is 36.4 Å². The average molecular weight is 275 g/mol. The van der Waals surface area contributed by atoms with Crippen molar-refractivity contribution in [2.75, 3.05) is 6.54 Å². The largest absolute Gasteiger partial charge is 0.310 e. The molecule has 0 spiro atoms. The maximum Gasteiger partial charge on any atom is 0.131 e. The molecule has 0 bridgehead atoms. The van der Waals surface area contributed by atoms with Crippen molar-refractivity contribution in [3.8, 4) is 11.1 Å². The van der Waals surface area contributed by atoms with Gasteiger partial charge < -0.3 is 5.32 Å². The zero-order valence-corrected chi connectivity index (χ0v) is 12.0. The van der Waals surface area contributed by atoms with Crippen LogP contribution in [0, 0.1) is 18.6 Å². The lowest BCUT2D eigenvalue weighted by atomic mass is 10.00. The first-order valence-corrected chi connectivity index (χ1v) is 6.82. The van der Waals surface area contributed by atoms with E-state index >= 15 is 0 Å². The molecular formula is C17H19F2N. The first-order chi connectivity index (χ1) is 9.52. The Morgan fingerprint density at radius 1 is 1.05 bits per heavy atom. The van der Waals surface area contributed by atoms with Gasteiger partial charge in [0.25, 0.3) is 0 Å². The Hall–Kier alpha value is -1.74. The molecule has 0 amide bonds. The molecule has 1 unspecified atom stereocenters. The van der Waals surface area contributed by atoms with E-state index in [1.165, 1.54) is 12.1 Å². The molecule has 0 saturated heterocycles. The Balaban J connectivity index is 2.33. The summed E-state index contributed by atoms with van der Waals surface area (Å²) in [6, 6.07) is 10.3. The molecule has 2 aromatic carbocycles. The molecule has 0 aromatic heterocycles. The second kappa shape index (κ2) is 6.14. The van der Waals surface area contributed by atoms with Crippen molar-refractivity contribution < 1.29 is 8.78 Å². The molecule has 1 nitrogen and oxygen atoms in total. The van der Waals surface area contributed by atoms with E-state index in [-0.39, 0.29) is 11.9 Å². The van der Waals surface area contributed by atoms with Crippen LogP contribution < -0.4 is 5.32 Å². The molecule has 0 aliphatic carbocycles. The highest BCUT2D eigenvalue weighted by atomic mass is 19.1. The number of aryl methyl sites for hydroxylation is 1. The topological polar surface area (TPSA) is 12.0 Å². The van der Waals surface area contributed by atoms with E-state index in [1.54, 1.807) is 6.92 Å². The minimum absolute atomic E-state index is 0.244. The summed E-state index contributed by atoms with van der Waals surface area (Å²) < 4.78 is 27.5. The monoisotopic (exact) mass is 275 g/mol. The molecule has 0 heterocycles. The number of benzene rings is 2. The van der Waals surface area contributed by atoms with Crippen molar-refractivity contribution in [1.29, 1.82) is 0 Å². The van der Waals surface area contributed by atoms with Gasteiger partial charge in [-0.2, -0.15) is 0 Å². The smallest absolute Gasteiger partial charge is 0.131 e. The molecule has 0 radical (unpaired) electrons. The lowest BCUT2D eigenvalue weighted by molar-refractivity contribution is 0.594. The SMILES string of the molecule is CCNC(C)c1ccc(-c2cc(F)c(C)cc2F)cc1. The van der Waals surface area contributed by atoms with Crippen molar-refractivity contribution >= 4 is 0 Å². The van der Waals surface area contributed by atoms with Crippen LogP contribution in [-0.2, 0) is 0 Å². The third kappa shape index (κ3) is 3.05. The Labute approximate surface area is 118 Å². The quantitative estimate of drug-likeness (QED) is 0.859. The zero-order chi connectivity index (χ0) is 14.7. The van der Waals surface area contributed by atoms with Gasteiger partial charge in [0.05, 0.1) is 0 Å². The van der Waals surface area contributed by atoms with E-state index < -0.39 is 5.82 Å². The van der Waals surface area contributed by atoms with Crippen LogP contribution in [0.1, 0.15) is 31.0 Å². The summed E-state index contributed by atoms with van der Waals surface area (Å²) in [7, 11) is 0. The van der Waals surface area contributed by atoms with Gasteiger partial charge in [0.2, 0.25) is 0 Å². The van der Waals surface area contributed by atoms with Gasteiger partial charge >= 0.3 is 0 Å². The number of nitrogens with one attached hydrogen (secondary N) is 1. The number of hydrogen-bond acceptors (Lipinski definition) is 1. The van der Waals surface area contributed by atoms with Crippen LogP contribution in [0.25, 0.3) is 11.1 Å². The number of rotatable bonds is 4. The lowest BCUT2D eigenvalue weighted by Gasteiger charge is -2.13. The number of halogens is 2. The molecule has 1 N–H and O–H groups in total. The molecule has 0 saturated carbocycles. The summed E-state index contributed by atoms with van der Waals surface area (Å²) in [5.41, 5.74) is 2.44. The molecule has 0 aliphatic rings. The minimum atomic E-state index is -0.392. The Morgan fingerprint density at radius 2 is 1.70 bits per heavy atom. The molecule has 0 fully saturated rings. The summed E-state index contributed by atoms with van der Waals surface area (Å²) in [6.45, 7) is 6.57. The highest BCUT2D eigenvalue weighted by molar-refractivity contribution is 5.65. The van der Waals surface area contributed by atoms with Gasteiger partial charge in [0.15, 0.2) is 0 Å². The summed E-state index contributed by atoms with van der Waals surface area (Å²) in [6.07, 6.45) is 0. The number of hydrogen-bond donors (Lipinski definition) is 1. The fourth-order valence-electron chi connectivity index (χ4n) is 2.24. The van der Waals surface area contributed by atoms with Crippen LogP contribution in [-0.4, -0.2) is 6.54 Å². The van der Waals surface area contributed by atoms with Gasteiger partial charge in [-0.25, -0.2) is 8.78 Å². The molecule has 106 valence electrons. The predicted molar refractivity (Wildman–Crippen MR) is 78.6 cm³/mol. The van der Waals surface area contributed by atoms with Crippen molar-refractivity contribution in [3.63, 3.8) is 0 Å². The molecule has 0 aliphatic heterocycles. The molecule has 2 aromatic rings. The standard InChI is InChI=1S/C17H19F2N/c1-4-20-12(3)13-5-7-14(8-6-13)15-10-16(18)11(2)9-17(15)19/h5-10,12,20H,4H2,1-3H3. The third-order valence-corrected chi connectivity index (χ3v) is 3.48.